The molecule has 19 nitrogen and oxygen atoms in total. The average Bonchev–Trinajstić information content (AvgIpc) is 4.11. The van der Waals surface area contributed by atoms with Crippen molar-refractivity contribution in [3.63, 3.8) is 0 Å². The normalized spacial score (nSPS) is 20.9. The largest absolute Gasteiger partial charge is 0.486 e. The first-order chi connectivity index (χ1) is 39.5. The molecule has 1 aliphatic carbocycles. The van der Waals surface area contributed by atoms with Gasteiger partial charge in [0.25, 0.3) is 0 Å². The molecule has 4 aromatic carbocycles. The summed E-state index contributed by atoms with van der Waals surface area (Å²) in [6.45, 7) is 6.46. The van der Waals surface area contributed by atoms with Crippen molar-refractivity contribution in [2.75, 3.05) is 44.4 Å². The number of benzene rings is 4. The lowest BCUT2D eigenvalue weighted by Crippen LogP contribution is -2.50. The Morgan fingerprint density at radius 3 is 2.43 bits per heavy atom. The topological polar surface area (TPSA) is 231 Å². The molecule has 4 aromatic heterocycles. The molecule has 0 unspecified atom stereocenters. The predicted molar refractivity (Wildman–Crippen MR) is 306 cm³/mol. The number of ether oxygens (including phenoxy) is 3. The minimum Gasteiger partial charge on any atom is -0.486 e. The van der Waals surface area contributed by atoms with Crippen LogP contribution in [0.15, 0.2) is 97.6 Å². The number of hydrogen-bond donors (Lipinski definition) is 5. The smallest absolute Gasteiger partial charge is 0.319 e. The van der Waals surface area contributed by atoms with Gasteiger partial charge >= 0.3 is 6.01 Å². The molecule has 4 aliphatic heterocycles. The highest BCUT2D eigenvalue weighted by molar-refractivity contribution is 6.45. The highest BCUT2D eigenvalue weighted by Crippen LogP contribution is 2.55. The van der Waals surface area contributed by atoms with Gasteiger partial charge in [-0.2, -0.15) is 15.1 Å². The monoisotopic (exact) mass is 1130 g/mol. The maximum atomic E-state index is 14.6. The number of H-pyrrole nitrogens is 1. The van der Waals surface area contributed by atoms with E-state index in [4.69, 9.17) is 47.4 Å². The van der Waals surface area contributed by atoms with E-state index < -0.39 is 30.1 Å². The van der Waals surface area contributed by atoms with Gasteiger partial charge in [0.15, 0.2) is 5.75 Å². The van der Waals surface area contributed by atoms with Crippen LogP contribution >= 0.6 is 23.2 Å². The molecule has 5 aliphatic rings. The van der Waals surface area contributed by atoms with Gasteiger partial charge in [-0.15, -0.1) is 5.10 Å². The number of piperazine rings is 1. The van der Waals surface area contributed by atoms with Gasteiger partial charge < -0.3 is 44.9 Å². The number of aliphatic hydroxyl groups excluding tert-OH is 2. The van der Waals surface area contributed by atoms with Crippen LogP contribution < -0.4 is 25.0 Å². The van der Waals surface area contributed by atoms with Crippen LogP contribution in [-0.4, -0.2) is 137 Å². The van der Waals surface area contributed by atoms with Crippen molar-refractivity contribution in [3.05, 3.63) is 124 Å². The Kier molecular flexibility index (Phi) is 14.6. The molecule has 418 valence electrons. The molecule has 81 heavy (non-hydrogen) atoms. The number of likely N-dealkylation sites (tertiary alicyclic amines) is 1. The summed E-state index contributed by atoms with van der Waals surface area (Å²) in [4.78, 5) is 47.1. The quantitative estimate of drug-likeness (QED) is 0.0577. The number of amides is 2. The molecular weight excluding hydrogens is 1070 g/mol. The molecule has 5 N–H and O–H groups in total. The van der Waals surface area contributed by atoms with Crippen LogP contribution in [0.5, 0.6) is 11.8 Å². The SMILES string of the molecule is CC(C)[C@@H](C(=O)N1C[C@H](O)C[C@H]1C(=O)N[C@@H](CO)c1ccc(-c2cccnc2)cc1)n1cc(-c2ccc(COc3c(-c4c(Cl)c(Cl)cc5[nH]ncc45)c(C4CC4)cc4c(N5C[C@@H]6C[C@H]5CN6)nc(OC5CCOCC5)nc34)cc2)nn1. The third kappa shape index (κ3) is 10.4. The van der Waals surface area contributed by atoms with E-state index in [1.807, 2.05) is 74.5 Å². The first-order valence-electron chi connectivity index (χ1n) is 27.9. The number of nitrogens with zero attached hydrogens (tertiary/aromatic N) is 9. The third-order valence-electron chi connectivity index (χ3n) is 16.6. The van der Waals surface area contributed by atoms with Gasteiger partial charge in [-0.1, -0.05) is 96.9 Å². The van der Waals surface area contributed by atoms with Gasteiger partial charge in [0, 0.05) is 90.8 Å². The summed E-state index contributed by atoms with van der Waals surface area (Å²) in [5.74, 6) is 0.501. The average molecular weight is 1130 g/mol. The van der Waals surface area contributed by atoms with Crippen molar-refractivity contribution in [2.45, 2.75) is 107 Å². The second kappa shape index (κ2) is 22.2. The number of fused-ring (bicyclic) bond motifs is 4. The van der Waals surface area contributed by atoms with E-state index in [1.54, 1.807) is 30.9 Å². The molecule has 21 heteroatoms. The number of rotatable bonds is 17. The van der Waals surface area contributed by atoms with E-state index in [0.29, 0.717) is 57.4 Å². The highest BCUT2D eigenvalue weighted by Gasteiger charge is 2.44. The number of halogens is 2. The van der Waals surface area contributed by atoms with E-state index in [0.717, 1.165) is 101 Å². The number of carbonyl (C=O) groups excluding carboxylic acids is 2. The summed E-state index contributed by atoms with van der Waals surface area (Å²) in [5, 5.41) is 46.9. The Bertz CT molecular complexity index is 3630. The van der Waals surface area contributed by atoms with Gasteiger partial charge in [-0.25, -0.2) is 4.68 Å². The Hall–Kier alpha value is -7.26. The molecule has 2 amide bonds. The van der Waals surface area contributed by atoms with Gasteiger partial charge in [0.2, 0.25) is 11.8 Å². The molecule has 0 spiro atoms. The maximum absolute atomic E-state index is 14.6. The van der Waals surface area contributed by atoms with Crippen molar-refractivity contribution in [1.82, 2.24) is 55.7 Å². The third-order valence-corrected chi connectivity index (χ3v) is 17.4. The zero-order chi connectivity index (χ0) is 55.5. The van der Waals surface area contributed by atoms with E-state index >= 15 is 0 Å². The molecule has 1 saturated carbocycles. The zero-order valence-corrected chi connectivity index (χ0v) is 46.4. The zero-order valence-electron chi connectivity index (χ0n) is 44.8. The van der Waals surface area contributed by atoms with Gasteiger partial charge in [0.1, 0.15) is 41.8 Å². The van der Waals surface area contributed by atoms with Crippen molar-refractivity contribution in [3.8, 4) is 45.3 Å². The first-order valence-corrected chi connectivity index (χ1v) is 28.7. The number of β-amino-alcohol motifs (C(OH)–C–C–N with tert-alkyl or cyclic N) is 1. The molecule has 4 saturated heterocycles. The molecular formula is C60H62Cl2N12O7. The Morgan fingerprint density at radius 1 is 0.914 bits per heavy atom. The van der Waals surface area contributed by atoms with Gasteiger partial charge in [-0.3, -0.25) is 19.7 Å². The molecule has 8 aromatic rings. The highest BCUT2D eigenvalue weighted by atomic mass is 35.5. The number of aromatic nitrogens is 8. The van der Waals surface area contributed by atoms with Gasteiger partial charge in [-0.05, 0) is 77.1 Å². The summed E-state index contributed by atoms with van der Waals surface area (Å²) in [7, 11) is 0. The van der Waals surface area contributed by atoms with E-state index in [2.05, 4.69) is 47.1 Å². The molecule has 2 bridgehead atoms. The number of aliphatic hydroxyl groups is 2. The maximum Gasteiger partial charge on any atom is 0.319 e. The van der Waals surface area contributed by atoms with Crippen molar-refractivity contribution in [2.24, 2.45) is 5.92 Å². The minimum atomic E-state index is -0.978. The second-order valence-corrected chi connectivity index (χ2v) is 23.2. The molecule has 6 atom stereocenters. The summed E-state index contributed by atoms with van der Waals surface area (Å²) >= 11 is 14.2. The Labute approximate surface area is 477 Å². The van der Waals surface area contributed by atoms with Crippen LogP contribution in [0, 0.1) is 5.92 Å². The van der Waals surface area contributed by atoms with Crippen LogP contribution in [-0.2, 0) is 20.9 Å². The lowest BCUT2D eigenvalue weighted by molar-refractivity contribution is -0.142. The lowest BCUT2D eigenvalue weighted by Gasteiger charge is -2.31. The summed E-state index contributed by atoms with van der Waals surface area (Å²) in [6, 6.07) is 21.6. The summed E-state index contributed by atoms with van der Waals surface area (Å²) < 4.78 is 21.0. The predicted octanol–water partition coefficient (Wildman–Crippen LogP) is 8.37. The summed E-state index contributed by atoms with van der Waals surface area (Å²) in [5.41, 5.74) is 8.69. The van der Waals surface area contributed by atoms with E-state index in [1.165, 1.54) is 9.58 Å². The van der Waals surface area contributed by atoms with Crippen LogP contribution in [0.2, 0.25) is 10.0 Å². The van der Waals surface area contributed by atoms with E-state index in [9.17, 15) is 19.8 Å². The Morgan fingerprint density at radius 2 is 1.72 bits per heavy atom. The fourth-order valence-electron chi connectivity index (χ4n) is 12.2. The molecule has 8 heterocycles. The van der Waals surface area contributed by atoms with Crippen molar-refractivity contribution in [1.29, 1.82) is 0 Å². The molecule has 13 rings (SSSR count). The minimum absolute atomic E-state index is 0.0345. The van der Waals surface area contributed by atoms with Crippen molar-refractivity contribution >= 4 is 62.6 Å². The summed E-state index contributed by atoms with van der Waals surface area (Å²) in [6.07, 6.45) is 10.5. The van der Waals surface area contributed by atoms with Crippen molar-refractivity contribution < 1.29 is 34.0 Å². The van der Waals surface area contributed by atoms with Gasteiger partial charge in [0.05, 0.1) is 59.9 Å². The Balaban J connectivity index is 0.785. The standard InChI is InChI=1S/C60H62Cl2N12O7/c1-32(2)55(59(78)73-28-41(76)21-50(73)58(77)66-49(30-75)37-13-9-34(10-14-37)38-4-3-17-63-24-38)74-29-48(70-71-74)36-7-5-33(6-8-36)31-80-56-52(51-45-26-65-69-47(45)23-46(61)53(51)62)43(35-11-12-35)22-44-54(56)67-60(81-42-15-18-79-19-16-42)68-57(44)72-27-39-20-40(72)25-64-39/h3-10,13-14,17,22-24,26,29,32,35,39-42,49-50,55,64,75-76H,11-12,15-16,18-21,25,27-28,30-31H2,1-2H3,(H,65,69)(H,66,77)/t39-,40-,41+,49-,50-,55-/m0/s1. The number of pyridine rings is 1. The van der Waals surface area contributed by atoms with Crippen LogP contribution in [0.1, 0.15) is 87.1 Å². The molecule has 0 radical (unpaired) electrons. The number of nitrogens with one attached hydrogen (secondary N) is 3. The fraction of sp³-hybridized carbons (Fsp3) is 0.400. The van der Waals surface area contributed by atoms with E-state index in [-0.39, 0.29) is 62.1 Å². The number of aromatic amines is 1. The second-order valence-electron chi connectivity index (χ2n) is 22.4. The fourth-order valence-corrected chi connectivity index (χ4v) is 12.7. The lowest BCUT2D eigenvalue weighted by atomic mass is 9.91. The van der Waals surface area contributed by atoms with Crippen LogP contribution in [0.3, 0.4) is 0 Å². The number of anilines is 1. The molecule has 5 fully saturated rings. The first kappa shape index (κ1) is 53.1. The number of hydrogen-bond acceptors (Lipinski definition) is 15. The van der Waals surface area contributed by atoms with Crippen LogP contribution in [0.25, 0.3) is 55.3 Å². The van der Waals surface area contributed by atoms with Crippen LogP contribution in [0.4, 0.5) is 5.82 Å². The number of carbonyl (C=O) groups is 2.